The number of nitro groups is 1. The predicted molar refractivity (Wildman–Crippen MR) is 26.8 cm³/mol. The van der Waals surface area contributed by atoms with Gasteiger partial charge in [0.2, 0.25) is 0 Å². The van der Waals surface area contributed by atoms with Crippen LogP contribution in [-0.4, -0.2) is 23.3 Å². The van der Waals surface area contributed by atoms with Crippen molar-refractivity contribution in [3.05, 3.63) is 10.1 Å². The number of rotatable bonds is 0. The Morgan fingerprint density at radius 2 is 2.33 bits per heavy atom. The van der Waals surface area contributed by atoms with E-state index in [2.05, 4.69) is 10.3 Å². The van der Waals surface area contributed by atoms with Crippen LogP contribution < -0.4 is 5.32 Å². The lowest BCUT2D eigenvalue weighted by Crippen LogP contribution is -2.16. The van der Waals surface area contributed by atoms with Gasteiger partial charge in [0, 0.05) is 4.99 Å². The molecule has 0 saturated heterocycles. The number of carbonyl (C=O) groups excluding carboxylic acids is 1. The summed E-state index contributed by atoms with van der Waals surface area (Å²) in [5.41, 5.74) is 0. The first-order valence-electron chi connectivity index (χ1n) is 2.13. The van der Waals surface area contributed by atoms with Crippen molar-refractivity contribution < 1.29 is 9.72 Å². The molecule has 6 nitrogen and oxygen atoms in total. The van der Waals surface area contributed by atoms with Crippen LogP contribution in [0, 0.1) is 10.1 Å². The molecule has 0 atom stereocenters. The van der Waals surface area contributed by atoms with Gasteiger partial charge in [0.05, 0.1) is 0 Å². The second-order valence-corrected chi connectivity index (χ2v) is 1.38. The fraction of sp³-hybridized carbons (Fsp3) is 0.333. The summed E-state index contributed by atoms with van der Waals surface area (Å²) in [5, 5.41) is 13.0. The molecular weight excluding hydrogens is 126 g/mol. The predicted octanol–water partition coefficient (Wildman–Crippen LogP) is -0.600. The number of urea groups is 1. The van der Waals surface area contributed by atoms with Gasteiger partial charge in [-0.05, 0) is 4.92 Å². The van der Waals surface area contributed by atoms with E-state index in [0.29, 0.717) is 0 Å². The average molecular weight is 128 g/mol. The second-order valence-electron chi connectivity index (χ2n) is 1.38. The van der Waals surface area contributed by atoms with Gasteiger partial charge in [-0.1, -0.05) is 0 Å². The Bertz CT molecular complexity index is 196. The molecule has 0 aliphatic carbocycles. The Morgan fingerprint density at radius 1 is 1.67 bits per heavy atom. The lowest BCUT2D eigenvalue weighted by atomic mass is 10.6. The first-order valence-corrected chi connectivity index (χ1v) is 2.13. The molecule has 0 unspecified atom stereocenters. The molecule has 2 amide bonds. The van der Waals surface area contributed by atoms with Crippen LogP contribution in [0.1, 0.15) is 0 Å². The molecule has 0 aromatic heterocycles. The zero-order valence-electron chi connectivity index (χ0n) is 4.27. The van der Waals surface area contributed by atoms with Crippen LogP contribution in [0.4, 0.5) is 4.79 Å². The molecule has 1 heterocycles. The molecule has 0 N–H and O–H groups in total. The highest BCUT2D eigenvalue weighted by Crippen LogP contribution is 1.91. The molecule has 0 fully saturated rings. The van der Waals surface area contributed by atoms with Crippen LogP contribution in [0.15, 0.2) is 4.99 Å². The Morgan fingerprint density at radius 3 is 2.56 bits per heavy atom. The van der Waals surface area contributed by atoms with Crippen LogP contribution in [0.3, 0.4) is 0 Å². The van der Waals surface area contributed by atoms with Gasteiger partial charge in [-0.2, -0.15) is 5.32 Å². The van der Waals surface area contributed by atoms with Crippen molar-refractivity contribution in [2.24, 2.45) is 4.99 Å². The largest absolute Gasteiger partial charge is 0.472 e. The van der Waals surface area contributed by atoms with Gasteiger partial charge in [0.25, 0.3) is 0 Å². The molecular formula is C3H2N3O3. The third-order valence-corrected chi connectivity index (χ3v) is 0.791. The molecule has 0 spiro atoms. The van der Waals surface area contributed by atoms with Gasteiger partial charge >= 0.3 is 11.9 Å². The summed E-state index contributed by atoms with van der Waals surface area (Å²) in [4.78, 5) is 22.2. The molecule has 0 aromatic rings. The van der Waals surface area contributed by atoms with Crippen molar-refractivity contribution >= 4 is 11.9 Å². The maximum absolute atomic E-state index is 10.1. The van der Waals surface area contributed by atoms with E-state index in [0.717, 1.165) is 0 Å². The summed E-state index contributed by atoms with van der Waals surface area (Å²) < 4.78 is 0. The molecule has 0 aromatic carbocycles. The first-order chi connectivity index (χ1) is 4.20. The van der Waals surface area contributed by atoms with E-state index in [1.807, 2.05) is 0 Å². The number of amidine groups is 1. The zero-order valence-corrected chi connectivity index (χ0v) is 4.27. The van der Waals surface area contributed by atoms with Crippen LogP contribution in [0.5, 0.6) is 0 Å². The summed E-state index contributed by atoms with van der Waals surface area (Å²) in [7, 11) is 0. The Hall–Kier alpha value is -1.46. The molecule has 1 rings (SSSR count). The van der Waals surface area contributed by atoms with Crippen molar-refractivity contribution in [2.45, 2.75) is 0 Å². The van der Waals surface area contributed by atoms with Gasteiger partial charge in [0.15, 0.2) is 6.54 Å². The van der Waals surface area contributed by atoms with Gasteiger partial charge in [0.1, 0.15) is 0 Å². The molecule has 0 saturated carbocycles. The summed E-state index contributed by atoms with van der Waals surface area (Å²) in [5.74, 6) is -0.375. The maximum atomic E-state index is 10.1. The van der Waals surface area contributed by atoms with Crippen molar-refractivity contribution in [1.82, 2.24) is 5.32 Å². The molecule has 6 heteroatoms. The normalized spacial score (nSPS) is 16.9. The van der Waals surface area contributed by atoms with E-state index in [-0.39, 0.29) is 12.4 Å². The molecule has 1 radical (unpaired) electrons. The minimum absolute atomic E-state index is 0.189. The van der Waals surface area contributed by atoms with E-state index in [9.17, 15) is 14.9 Å². The van der Waals surface area contributed by atoms with E-state index in [4.69, 9.17) is 0 Å². The highest BCUT2D eigenvalue weighted by Gasteiger charge is 2.26. The van der Waals surface area contributed by atoms with Crippen molar-refractivity contribution in [3.8, 4) is 0 Å². The van der Waals surface area contributed by atoms with Gasteiger partial charge in [-0.25, -0.2) is 4.79 Å². The molecule has 0 bridgehead atoms. The van der Waals surface area contributed by atoms with E-state index < -0.39 is 11.0 Å². The minimum Gasteiger partial charge on any atom is -0.358 e. The molecule has 9 heavy (non-hydrogen) atoms. The average Bonchev–Trinajstić information content (AvgIpc) is 2.14. The lowest BCUT2D eigenvalue weighted by Gasteiger charge is -1.85. The molecule has 1 aliphatic heterocycles. The van der Waals surface area contributed by atoms with Crippen LogP contribution in [0.2, 0.25) is 0 Å². The minimum atomic E-state index is -0.762. The first kappa shape index (κ1) is 5.67. The Balaban J connectivity index is 2.74. The number of hydrogen-bond donors (Lipinski definition) is 0. The standard InChI is InChI=1S/C3H2N3O3/c7-3-4-1-2(5-3)6(8)9/h1H2. The smallest absolute Gasteiger partial charge is 0.358 e. The maximum Gasteiger partial charge on any atom is 0.472 e. The Labute approximate surface area is 49.7 Å². The summed E-state index contributed by atoms with van der Waals surface area (Å²) in [6.45, 7) is -0.189. The summed E-state index contributed by atoms with van der Waals surface area (Å²) in [6, 6.07) is -0.762. The topological polar surface area (TPSA) is 86.7 Å². The van der Waals surface area contributed by atoms with Crippen LogP contribution >= 0.6 is 0 Å². The monoisotopic (exact) mass is 128 g/mol. The summed E-state index contributed by atoms with van der Waals surface area (Å²) in [6.07, 6.45) is 0. The highest BCUT2D eigenvalue weighted by atomic mass is 16.6. The highest BCUT2D eigenvalue weighted by molar-refractivity contribution is 5.96. The Kier molecular flexibility index (Phi) is 1.14. The molecule has 1 aliphatic rings. The number of nitrogens with zero attached hydrogens (tertiary/aromatic N) is 3. The molecule has 47 valence electrons. The van der Waals surface area contributed by atoms with Crippen LogP contribution in [-0.2, 0) is 0 Å². The third-order valence-electron chi connectivity index (χ3n) is 0.791. The fourth-order valence-electron chi connectivity index (χ4n) is 0.418. The number of carbonyl (C=O) groups is 1. The van der Waals surface area contributed by atoms with E-state index >= 15 is 0 Å². The van der Waals surface area contributed by atoms with E-state index in [1.165, 1.54) is 0 Å². The quantitative estimate of drug-likeness (QED) is 0.322. The van der Waals surface area contributed by atoms with Crippen molar-refractivity contribution in [3.63, 3.8) is 0 Å². The number of hydrogen-bond acceptors (Lipinski definition) is 3. The zero-order chi connectivity index (χ0) is 6.85. The third kappa shape index (κ3) is 1.01. The lowest BCUT2D eigenvalue weighted by molar-refractivity contribution is -0.351. The van der Waals surface area contributed by atoms with Crippen molar-refractivity contribution in [2.75, 3.05) is 6.54 Å². The van der Waals surface area contributed by atoms with Gasteiger partial charge in [-0.3, -0.25) is 0 Å². The second kappa shape index (κ2) is 1.81. The van der Waals surface area contributed by atoms with Crippen molar-refractivity contribution in [1.29, 1.82) is 0 Å². The fourth-order valence-corrected chi connectivity index (χ4v) is 0.418. The van der Waals surface area contributed by atoms with E-state index in [1.54, 1.807) is 0 Å². The van der Waals surface area contributed by atoms with Gasteiger partial charge < -0.3 is 10.1 Å². The SMILES string of the molecule is O=C1[N]CC([N+](=O)[O-])=N1. The number of amides is 2. The van der Waals surface area contributed by atoms with Gasteiger partial charge in [-0.15, -0.1) is 0 Å². The summed E-state index contributed by atoms with van der Waals surface area (Å²) >= 11 is 0. The number of aliphatic imine (C=N–C) groups is 1. The van der Waals surface area contributed by atoms with Crippen LogP contribution in [0.25, 0.3) is 0 Å².